The molecule has 4 aromatic carbocycles. The number of aryl methyl sites for hydroxylation is 1. The van der Waals surface area contributed by atoms with E-state index in [1.807, 2.05) is 0 Å². The van der Waals surface area contributed by atoms with E-state index in [4.69, 9.17) is 0 Å². The minimum absolute atomic E-state index is 0.0179. The van der Waals surface area contributed by atoms with Crippen LogP contribution in [-0.4, -0.2) is 63.3 Å². The monoisotopic (exact) mass is 655 g/mol. The van der Waals surface area contributed by atoms with Crippen molar-refractivity contribution in [3.05, 3.63) is 118 Å². The summed E-state index contributed by atoms with van der Waals surface area (Å²) in [5.41, 5.74) is 14.2. The summed E-state index contributed by atoms with van der Waals surface area (Å²) in [6.07, 6.45) is 4.81. The van der Waals surface area contributed by atoms with Crippen molar-refractivity contribution in [2.24, 2.45) is 0 Å². The average molecular weight is 656 g/mol. The van der Waals surface area contributed by atoms with Crippen molar-refractivity contribution < 1.29 is 8.97 Å². The number of fused-ring (bicyclic) bond motifs is 1. The van der Waals surface area contributed by atoms with E-state index in [2.05, 4.69) is 160 Å². The fourth-order valence-electron chi connectivity index (χ4n) is 9.83. The van der Waals surface area contributed by atoms with E-state index in [9.17, 15) is 0 Å². The van der Waals surface area contributed by atoms with Crippen molar-refractivity contribution in [3.8, 4) is 22.3 Å². The Bertz CT molecular complexity index is 1820. The van der Waals surface area contributed by atoms with Crippen LogP contribution in [0.3, 0.4) is 0 Å². The number of hydrogen-bond acceptors (Lipinski definition) is 1. The smallest absolute Gasteiger partial charge is 0.0794 e. The van der Waals surface area contributed by atoms with Crippen molar-refractivity contribution in [2.75, 3.05) is 54.4 Å². The van der Waals surface area contributed by atoms with Crippen LogP contribution in [0.5, 0.6) is 0 Å². The maximum Gasteiger partial charge on any atom is 0.0794 e. The number of benzene rings is 4. The molecule has 0 amide bonds. The van der Waals surface area contributed by atoms with E-state index in [0.717, 1.165) is 21.8 Å². The molecule has 3 nitrogen and oxygen atoms in total. The lowest BCUT2D eigenvalue weighted by Gasteiger charge is -2.48. The van der Waals surface area contributed by atoms with Gasteiger partial charge in [-0.1, -0.05) is 97.4 Å². The SMILES string of the molecule is Cc1ccc(-c2ccc(-c3ccc(C4(c5ccc(C6(C)CC[N+](C)(C)CC6)c6c5C(C)(C)NC6(C)C)CC[N+](C)(C)CC4)cc3)cc2)cc1. The van der Waals surface area contributed by atoms with Gasteiger partial charge in [0.15, 0.2) is 0 Å². The molecule has 258 valence electrons. The third-order valence-electron chi connectivity index (χ3n) is 13.1. The second kappa shape index (κ2) is 11.7. The minimum Gasteiger partial charge on any atom is -0.328 e. The molecule has 0 spiro atoms. The van der Waals surface area contributed by atoms with Gasteiger partial charge in [0.1, 0.15) is 0 Å². The fraction of sp³-hybridized carbons (Fsp3) is 0.478. The standard InChI is InChI=1S/C46H61N3/c1-33-11-13-34(14-12-33)35-15-17-36(18-16-35)37-19-21-38(22-20-37)46(27-31-49(9,10)32-28-46)40-24-23-39(45(6)25-29-48(7,8)30-26-45)41-42(40)44(4,5)47-43(41,2)3/h11-24,47H,25-32H2,1-10H3/q+2. The molecule has 2 saturated heterocycles. The number of likely N-dealkylation sites (tertiary alicyclic amines) is 2. The minimum atomic E-state index is -0.113. The maximum atomic E-state index is 4.15. The lowest BCUT2D eigenvalue weighted by Crippen LogP contribution is -2.52. The van der Waals surface area contributed by atoms with Gasteiger partial charge >= 0.3 is 0 Å². The van der Waals surface area contributed by atoms with Gasteiger partial charge < -0.3 is 8.97 Å². The second-order valence-corrected chi connectivity index (χ2v) is 18.7. The molecule has 3 heteroatoms. The molecular formula is C46H61N3+2. The molecule has 3 heterocycles. The van der Waals surface area contributed by atoms with E-state index in [1.54, 1.807) is 22.3 Å². The van der Waals surface area contributed by atoms with Gasteiger partial charge in [0.2, 0.25) is 0 Å². The molecule has 49 heavy (non-hydrogen) atoms. The largest absolute Gasteiger partial charge is 0.328 e. The molecule has 7 rings (SSSR count). The summed E-state index contributed by atoms with van der Waals surface area (Å²) in [6.45, 7) is 19.3. The summed E-state index contributed by atoms with van der Waals surface area (Å²) in [5, 5.41) is 4.15. The van der Waals surface area contributed by atoms with Crippen LogP contribution >= 0.6 is 0 Å². The first-order chi connectivity index (χ1) is 22.9. The second-order valence-electron chi connectivity index (χ2n) is 18.7. The number of rotatable bonds is 5. The Kier molecular flexibility index (Phi) is 8.14. The summed E-state index contributed by atoms with van der Waals surface area (Å²) in [4.78, 5) is 0. The van der Waals surface area contributed by atoms with Gasteiger partial charge in [-0.25, -0.2) is 0 Å². The highest BCUT2D eigenvalue weighted by molar-refractivity contribution is 5.71. The van der Waals surface area contributed by atoms with Crippen LogP contribution in [0.15, 0.2) is 84.9 Å². The lowest BCUT2D eigenvalue weighted by molar-refractivity contribution is -0.896. The molecule has 1 N–H and O–H groups in total. The number of piperidine rings is 2. The first-order valence-electron chi connectivity index (χ1n) is 18.8. The molecule has 0 bridgehead atoms. The number of hydrogen-bond donors (Lipinski definition) is 1. The van der Waals surface area contributed by atoms with Crippen LogP contribution in [0.1, 0.15) is 93.7 Å². The molecule has 0 saturated carbocycles. The summed E-state index contributed by atoms with van der Waals surface area (Å²) >= 11 is 0. The molecule has 0 radical (unpaired) electrons. The van der Waals surface area contributed by atoms with Crippen LogP contribution in [-0.2, 0) is 21.9 Å². The van der Waals surface area contributed by atoms with Crippen LogP contribution in [0.4, 0.5) is 0 Å². The zero-order valence-corrected chi connectivity index (χ0v) is 32.1. The van der Waals surface area contributed by atoms with Gasteiger partial charge in [0.05, 0.1) is 54.4 Å². The van der Waals surface area contributed by atoms with E-state index in [-0.39, 0.29) is 21.9 Å². The Labute approximate surface area is 297 Å². The van der Waals surface area contributed by atoms with Gasteiger partial charge in [0.25, 0.3) is 0 Å². The number of nitrogens with one attached hydrogen (secondary N) is 1. The average Bonchev–Trinajstić information content (AvgIpc) is 3.26. The third-order valence-corrected chi connectivity index (χ3v) is 13.1. The summed E-state index contributed by atoms with van der Waals surface area (Å²) in [5.74, 6) is 0. The topological polar surface area (TPSA) is 12.0 Å². The third kappa shape index (κ3) is 6.11. The van der Waals surface area contributed by atoms with Crippen LogP contribution in [0.2, 0.25) is 0 Å². The molecule has 4 aromatic rings. The fourth-order valence-corrected chi connectivity index (χ4v) is 9.83. The van der Waals surface area contributed by atoms with Gasteiger partial charge in [-0.05, 0) is 84.7 Å². The van der Waals surface area contributed by atoms with Crippen molar-refractivity contribution in [3.63, 3.8) is 0 Å². The first kappa shape index (κ1) is 34.2. The predicted molar refractivity (Wildman–Crippen MR) is 208 cm³/mol. The Morgan fingerprint density at radius 3 is 1.31 bits per heavy atom. The lowest BCUT2D eigenvalue weighted by atomic mass is 9.62. The summed E-state index contributed by atoms with van der Waals surface area (Å²) < 4.78 is 2.22. The maximum absolute atomic E-state index is 4.15. The zero-order chi connectivity index (χ0) is 35.0. The van der Waals surface area contributed by atoms with Crippen molar-refractivity contribution in [1.29, 1.82) is 0 Å². The number of nitrogens with zero attached hydrogens (tertiary/aromatic N) is 2. The highest BCUT2D eigenvalue weighted by Crippen LogP contribution is 2.54. The summed E-state index contributed by atoms with van der Waals surface area (Å²) in [7, 11) is 9.64. The van der Waals surface area contributed by atoms with Crippen LogP contribution < -0.4 is 5.32 Å². The van der Waals surface area contributed by atoms with Crippen LogP contribution in [0.25, 0.3) is 22.3 Å². The predicted octanol–water partition coefficient (Wildman–Crippen LogP) is 9.69. The molecular weight excluding hydrogens is 595 g/mol. The molecule has 3 aliphatic heterocycles. The normalized spacial score (nSPS) is 22.7. The Balaban J connectivity index is 1.32. The van der Waals surface area contributed by atoms with Crippen molar-refractivity contribution in [1.82, 2.24) is 5.32 Å². The van der Waals surface area contributed by atoms with Crippen LogP contribution in [0, 0.1) is 6.92 Å². The van der Waals surface area contributed by atoms with Gasteiger partial charge in [-0.2, -0.15) is 0 Å². The molecule has 0 aliphatic carbocycles. The highest BCUT2D eigenvalue weighted by Gasteiger charge is 2.52. The summed E-state index contributed by atoms with van der Waals surface area (Å²) in [6, 6.07) is 32.8. The first-order valence-corrected chi connectivity index (χ1v) is 18.8. The molecule has 0 atom stereocenters. The Hall–Kier alpha value is -3.24. The molecule has 0 aromatic heterocycles. The zero-order valence-electron chi connectivity index (χ0n) is 32.1. The molecule has 3 aliphatic rings. The van der Waals surface area contributed by atoms with E-state index < -0.39 is 0 Å². The van der Waals surface area contributed by atoms with Gasteiger partial charge in [-0.15, -0.1) is 0 Å². The van der Waals surface area contributed by atoms with E-state index in [1.165, 1.54) is 72.4 Å². The van der Waals surface area contributed by atoms with Gasteiger partial charge in [0, 0.05) is 47.6 Å². The Morgan fingerprint density at radius 2 is 0.837 bits per heavy atom. The van der Waals surface area contributed by atoms with Crippen molar-refractivity contribution in [2.45, 2.75) is 89.1 Å². The number of quaternary nitrogens is 2. The van der Waals surface area contributed by atoms with Crippen molar-refractivity contribution >= 4 is 0 Å². The van der Waals surface area contributed by atoms with Gasteiger partial charge in [-0.3, -0.25) is 5.32 Å². The van der Waals surface area contributed by atoms with E-state index in [0.29, 0.717) is 0 Å². The quantitative estimate of drug-likeness (QED) is 0.211. The highest BCUT2D eigenvalue weighted by atomic mass is 15.3. The molecule has 2 fully saturated rings. The Morgan fingerprint density at radius 1 is 0.469 bits per heavy atom. The molecule has 0 unspecified atom stereocenters. The van der Waals surface area contributed by atoms with E-state index >= 15 is 0 Å².